The highest BCUT2D eigenvalue weighted by Crippen LogP contribution is 2.40. The maximum Gasteiger partial charge on any atom is 0.262 e. The molecule has 2 aromatic carbocycles. The van der Waals surface area contributed by atoms with E-state index < -0.39 is 0 Å². The van der Waals surface area contributed by atoms with Crippen molar-refractivity contribution in [1.29, 1.82) is 0 Å². The molecule has 0 aliphatic heterocycles. The van der Waals surface area contributed by atoms with E-state index in [2.05, 4.69) is 15.5 Å². The van der Waals surface area contributed by atoms with Crippen molar-refractivity contribution in [2.75, 3.05) is 11.9 Å². The summed E-state index contributed by atoms with van der Waals surface area (Å²) in [5, 5.41) is 11.5. The number of anilines is 1. The van der Waals surface area contributed by atoms with Gasteiger partial charge in [0.2, 0.25) is 0 Å². The van der Waals surface area contributed by atoms with E-state index in [4.69, 9.17) is 16.3 Å². The van der Waals surface area contributed by atoms with Gasteiger partial charge in [0.05, 0.1) is 16.4 Å². The molecule has 0 radical (unpaired) electrons. The minimum atomic E-state index is -0.279. The number of nitrogens with zero attached hydrogens (tertiary/aromatic N) is 3. The van der Waals surface area contributed by atoms with Gasteiger partial charge in [-0.2, -0.15) is 0 Å². The number of rotatable bonds is 6. The number of carbonyl (C=O) groups excluding carboxylic acids is 1. The Hall–Kier alpha value is -2.86. The molecule has 0 saturated heterocycles. The molecule has 0 spiro atoms. The number of para-hydroxylation sites is 3. The van der Waals surface area contributed by atoms with Crippen LogP contribution in [-0.4, -0.2) is 27.3 Å². The predicted octanol–water partition coefficient (Wildman–Crippen LogP) is 3.82. The van der Waals surface area contributed by atoms with Crippen molar-refractivity contribution in [2.45, 2.75) is 18.8 Å². The number of halogens is 1. The SMILES string of the molecule is O=C(COc1ccccc1-n1cnnc1C1CC1)Nc1ccccc1Cl. The second-order valence-corrected chi connectivity index (χ2v) is 6.53. The van der Waals surface area contributed by atoms with Gasteiger partial charge in [-0.3, -0.25) is 9.36 Å². The number of amides is 1. The maximum absolute atomic E-state index is 12.2. The van der Waals surface area contributed by atoms with Crippen molar-refractivity contribution >= 4 is 23.2 Å². The zero-order chi connectivity index (χ0) is 17.9. The van der Waals surface area contributed by atoms with Gasteiger partial charge in [-0.15, -0.1) is 10.2 Å². The van der Waals surface area contributed by atoms with Gasteiger partial charge in [-0.05, 0) is 37.1 Å². The molecular weight excluding hydrogens is 352 g/mol. The van der Waals surface area contributed by atoms with Gasteiger partial charge >= 0.3 is 0 Å². The van der Waals surface area contributed by atoms with Crippen LogP contribution in [0.3, 0.4) is 0 Å². The van der Waals surface area contributed by atoms with Crippen LogP contribution in [0.4, 0.5) is 5.69 Å². The van der Waals surface area contributed by atoms with Crippen molar-refractivity contribution in [3.05, 3.63) is 65.7 Å². The molecule has 1 aromatic heterocycles. The van der Waals surface area contributed by atoms with Gasteiger partial charge in [0.15, 0.2) is 6.61 Å². The monoisotopic (exact) mass is 368 g/mol. The summed E-state index contributed by atoms with van der Waals surface area (Å²) in [7, 11) is 0. The van der Waals surface area contributed by atoms with Crippen molar-refractivity contribution in [1.82, 2.24) is 14.8 Å². The fourth-order valence-corrected chi connectivity index (χ4v) is 2.90. The summed E-state index contributed by atoms with van der Waals surface area (Å²) in [6.45, 7) is -0.122. The van der Waals surface area contributed by atoms with Crippen LogP contribution in [0.2, 0.25) is 5.02 Å². The largest absolute Gasteiger partial charge is 0.482 e. The first kappa shape index (κ1) is 16.6. The molecule has 1 aliphatic rings. The highest BCUT2D eigenvalue weighted by Gasteiger charge is 2.29. The van der Waals surface area contributed by atoms with Crippen LogP contribution >= 0.6 is 11.6 Å². The summed E-state index contributed by atoms with van der Waals surface area (Å²) >= 11 is 6.06. The van der Waals surface area contributed by atoms with E-state index in [9.17, 15) is 4.79 Å². The van der Waals surface area contributed by atoms with Crippen molar-refractivity contribution < 1.29 is 9.53 Å². The molecular formula is C19H17ClN4O2. The zero-order valence-electron chi connectivity index (χ0n) is 13.9. The number of hydrogen-bond acceptors (Lipinski definition) is 4. The first-order chi connectivity index (χ1) is 12.7. The number of aromatic nitrogens is 3. The maximum atomic E-state index is 12.2. The number of hydrogen-bond donors (Lipinski definition) is 1. The summed E-state index contributed by atoms with van der Waals surface area (Å²) < 4.78 is 7.69. The Morgan fingerprint density at radius 3 is 2.77 bits per heavy atom. The normalized spacial score (nSPS) is 13.4. The van der Waals surface area contributed by atoms with E-state index in [1.165, 1.54) is 0 Å². The molecule has 3 aromatic rings. The summed E-state index contributed by atoms with van der Waals surface area (Å²) in [6, 6.07) is 14.6. The molecule has 1 N–H and O–H groups in total. The van der Waals surface area contributed by atoms with E-state index in [-0.39, 0.29) is 12.5 Å². The van der Waals surface area contributed by atoms with Gasteiger partial charge < -0.3 is 10.1 Å². The fourth-order valence-electron chi connectivity index (χ4n) is 2.72. The van der Waals surface area contributed by atoms with Crippen molar-refractivity contribution in [2.24, 2.45) is 0 Å². The zero-order valence-corrected chi connectivity index (χ0v) is 14.7. The molecule has 1 aliphatic carbocycles. The summed E-state index contributed by atoms with van der Waals surface area (Å²) in [5.74, 6) is 1.71. The van der Waals surface area contributed by atoms with Crippen LogP contribution in [0.25, 0.3) is 5.69 Å². The fraction of sp³-hybridized carbons (Fsp3) is 0.211. The third-order valence-electron chi connectivity index (χ3n) is 4.15. The lowest BCUT2D eigenvalue weighted by Gasteiger charge is -2.13. The van der Waals surface area contributed by atoms with Gasteiger partial charge in [0, 0.05) is 5.92 Å². The highest BCUT2D eigenvalue weighted by atomic mass is 35.5. The molecule has 1 fully saturated rings. The van der Waals surface area contributed by atoms with Crippen LogP contribution in [-0.2, 0) is 4.79 Å². The molecule has 0 atom stereocenters. The van der Waals surface area contributed by atoms with Gasteiger partial charge in [0.1, 0.15) is 17.9 Å². The average Bonchev–Trinajstić information content (AvgIpc) is 3.39. The lowest BCUT2D eigenvalue weighted by molar-refractivity contribution is -0.118. The molecule has 132 valence electrons. The molecule has 0 bridgehead atoms. The molecule has 1 saturated carbocycles. The highest BCUT2D eigenvalue weighted by molar-refractivity contribution is 6.33. The summed E-state index contributed by atoms with van der Waals surface area (Å²) in [5.41, 5.74) is 1.39. The minimum Gasteiger partial charge on any atom is -0.482 e. The third kappa shape index (κ3) is 3.55. The lowest BCUT2D eigenvalue weighted by Crippen LogP contribution is -2.20. The Kier molecular flexibility index (Phi) is 4.58. The lowest BCUT2D eigenvalue weighted by atomic mass is 10.2. The number of carbonyl (C=O) groups is 1. The number of nitrogens with one attached hydrogen (secondary N) is 1. The molecule has 7 heteroatoms. The molecule has 1 amide bonds. The topological polar surface area (TPSA) is 69.0 Å². The Morgan fingerprint density at radius 1 is 1.19 bits per heavy atom. The Bertz CT molecular complexity index is 937. The van der Waals surface area contributed by atoms with Gasteiger partial charge in [-0.1, -0.05) is 35.9 Å². The van der Waals surface area contributed by atoms with Gasteiger partial charge in [0.25, 0.3) is 5.91 Å². The van der Waals surface area contributed by atoms with Crippen molar-refractivity contribution in [3.63, 3.8) is 0 Å². The summed E-state index contributed by atoms with van der Waals surface area (Å²) in [4.78, 5) is 12.2. The van der Waals surface area contributed by atoms with Crippen LogP contribution < -0.4 is 10.1 Å². The van der Waals surface area contributed by atoms with Crippen LogP contribution in [0, 0.1) is 0 Å². The van der Waals surface area contributed by atoms with Crippen LogP contribution in [0.5, 0.6) is 5.75 Å². The van der Waals surface area contributed by atoms with Crippen molar-refractivity contribution in [3.8, 4) is 11.4 Å². The first-order valence-electron chi connectivity index (χ1n) is 8.39. The Morgan fingerprint density at radius 2 is 1.96 bits per heavy atom. The van der Waals surface area contributed by atoms with E-state index in [0.717, 1.165) is 24.4 Å². The third-order valence-corrected chi connectivity index (χ3v) is 4.48. The van der Waals surface area contributed by atoms with Crippen LogP contribution in [0.15, 0.2) is 54.9 Å². The minimum absolute atomic E-state index is 0.122. The molecule has 26 heavy (non-hydrogen) atoms. The predicted molar refractivity (Wildman–Crippen MR) is 98.9 cm³/mol. The Labute approximate surface area is 155 Å². The summed E-state index contributed by atoms with van der Waals surface area (Å²) in [6.07, 6.45) is 3.93. The van der Waals surface area contributed by atoms with Gasteiger partial charge in [-0.25, -0.2) is 0 Å². The first-order valence-corrected chi connectivity index (χ1v) is 8.76. The molecule has 0 unspecified atom stereocenters. The number of ether oxygens (including phenoxy) is 1. The van der Waals surface area contributed by atoms with Crippen LogP contribution in [0.1, 0.15) is 24.6 Å². The van der Waals surface area contributed by atoms with E-state index >= 15 is 0 Å². The molecule has 6 nitrogen and oxygen atoms in total. The average molecular weight is 369 g/mol. The number of benzene rings is 2. The van der Waals surface area contributed by atoms with E-state index in [1.807, 2.05) is 34.9 Å². The smallest absolute Gasteiger partial charge is 0.262 e. The van der Waals surface area contributed by atoms with E-state index in [0.29, 0.717) is 22.4 Å². The second kappa shape index (κ2) is 7.17. The Balaban J connectivity index is 1.48. The molecule has 4 rings (SSSR count). The van der Waals surface area contributed by atoms with E-state index in [1.54, 1.807) is 24.5 Å². The second-order valence-electron chi connectivity index (χ2n) is 6.12. The standard InChI is InChI=1S/C19H17ClN4O2/c20-14-5-1-2-6-15(14)22-18(25)11-26-17-8-4-3-7-16(17)24-12-21-23-19(24)13-9-10-13/h1-8,12-13H,9-11H2,(H,22,25). The quantitative estimate of drug-likeness (QED) is 0.718. The molecule has 1 heterocycles.